The Labute approximate surface area is 158 Å². The van der Waals surface area contributed by atoms with Gasteiger partial charge >= 0.3 is 0 Å². The number of carbonyl (C=O) groups is 1. The molecule has 0 radical (unpaired) electrons. The molecule has 2 fully saturated rings. The number of hydrogen-bond acceptors (Lipinski definition) is 8. The Hall–Kier alpha value is -2.74. The average Bonchev–Trinajstić information content (AvgIpc) is 3.23. The summed E-state index contributed by atoms with van der Waals surface area (Å²) in [5, 5.41) is 9.86. The molecule has 0 unspecified atom stereocenters. The third-order valence-electron chi connectivity index (χ3n) is 5.11. The van der Waals surface area contributed by atoms with E-state index in [4.69, 9.17) is 0 Å². The molecule has 0 atom stereocenters. The van der Waals surface area contributed by atoms with Gasteiger partial charge in [-0.05, 0) is 25.0 Å². The molecule has 27 heavy (non-hydrogen) atoms. The smallest absolute Gasteiger partial charge is 0.230 e. The lowest BCUT2D eigenvalue weighted by Gasteiger charge is -2.29. The van der Waals surface area contributed by atoms with Gasteiger partial charge in [-0.25, -0.2) is 9.97 Å². The van der Waals surface area contributed by atoms with E-state index in [9.17, 15) is 4.79 Å². The summed E-state index contributed by atoms with van der Waals surface area (Å²) in [5.74, 6) is 1.70. The summed E-state index contributed by atoms with van der Waals surface area (Å²) in [6.07, 6.45) is 8.86. The molecule has 3 N–H and O–H groups in total. The van der Waals surface area contributed by atoms with Crippen LogP contribution in [0.5, 0.6) is 0 Å². The van der Waals surface area contributed by atoms with Crippen LogP contribution in [0.3, 0.4) is 0 Å². The highest BCUT2D eigenvalue weighted by atomic mass is 16.1. The highest BCUT2D eigenvalue weighted by molar-refractivity contribution is 5.82. The van der Waals surface area contributed by atoms with Crippen molar-refractivity contribution in [1.82, 2.24) is 20.3 Å². The lowest BCUT2D eigenvalue weighted by atomic mass is 10.2. The molecule has 2 aliphatic rings. The fraction of sp³-hybridized carbons (Fsp3) is 0.474. The van der Waals surface area contributed by atoms with E-state index in [1.54, 1.807) is 6.20 Å². The van der Waals surface area contributed by atoms with Gasteiger partial charge < -0.3 is 20.9 Å². The third kappa shape index (κ3) is 4.33. The van der Waals surface area contributed by atoms with E-state index in [-0.39, 0.29) is 0 Å². The van der Waals surface area contributed by atoms with Crippen LogP contribution in [0.2, 0.25) is 0 Å². The molecule has 8 heteroatoms. The number of hydrogen-bond donors (Lipinski definition) is 3. The first-order chi connectivity index (χ1) is 13.3. The molecule has 4 rings (SSSR count). The predicted molar refractivity (Wildman–Crippen MR) is 106 cm³/mol. The minimum atomic E-state index is 0.378. The average molecular weight is 367 g/mol. The monoisotopic (exact) mass is 367 g/mol. The summed E-state index contributed by atoms with van der Waals surface area (Å²) >= 11 is 0. The number of rotatable bonds is 6. The lowest BCUT2D eigenvalue weighted by Crippen LogP contribution is -2.43. The van der Waals surface area contributed by atoms with Crippen molar-refractivity contribution in [3.8, 4) is 0 Å². The molecule has 0 aromatic carbocycles. The highest BCUT2D eigenvalue weighted by Gasteiger charge is 2.17. The molecular formula is C19H25N7O. The van der Waals surface area contributed by atoms with Gasteiger partial charge in [0.2, 0.25) is 5.95 Å². The molecule has 1 aliphatic carbocycles. The maximum atomic E-state index is 11.3. The number of anilines is 4. The quantitative estimate of drug-likeness (QED) is 0.669. The predicted octanol–water partition coefficient (Wildman–Crippen LogP) is 2.19. The minimum Gasteiger partial charge on any atom is -0.368 e. The van der Waals surface area contributed by atoms with Crippen LogP contribution in [0.25, 0.3) is 0 Å². The van der Waals surface area contributed by atoms with Crippen molar-refractivity contribution < 1.29 is 4.79 Å². The first-order valence-electron chi connectivity index (χ1n) is 9.59. The SMILES string of the molecule is O=Cc1cnc(Nc2ccc(N3CCNCC3)cn2)nc1NC1CCCC1. The van der Waals surface area contributed by atoms with Gasteiger partial charge in [0.15, 0.2) is 6.29 Å². The van der Waals surface area contributed by atoms with E-state index in [1.807, 2.05) is 12.3 Å². The molecule has 1 saturated heterocycles. The standard InChI is InChI=1S/C19H25N7O/c27-13-14-11-22-19(25-18(14)23-15-3-1-2-4-15)24-17-6-5-16(12-21-17)26-9-7-20-8-10-26/h5-6,11-13,15,20H,1-4,7-10H2,(H2,21,22,23,24,25). The fourth-order valence-electron chi connectivity index (χ4n) is 3.60. The number of nitrogens with zero attached hydrogens (tertiary/aromatic N) is 4. The molecule has 0 bridgehead atoms. The van der Waals surface area contributed by atoms with Crippen LogP contribution in [0.15, 0.2) is 24.5 Å². The molecule has 1 aliphatic heterocycles. The van der Waals surface area contributed by atoms with Crippen molar-refractivity contribution in [2.24, 2.45) is 0 Å². The maximum Gasteiger partial charge on any atom is 0.230 e. The van der Waals surface area contributed by atoms with Gasteiger partial charge in [-0.15, -0.1) is 0 Å². The Morgan fingerprint density at radius 3 is 2.63 bits per heavy atom. The summed E-state index contributed by atoms with van der Waals surface area (Å²) < 4.78 is 0. The number of aromatic nitrogens is 3. The summed E-state index contributed by atoms with van der Waals surface area (Å²) in [6.45, 7) is 3.96. The van der Waals surface area contributed by atoms with E-state index >= 15 is 0 Å². The zero-order chi connectivity index (χ0) is 18.5. The Balaban J connectivity index is 1.45. The molecule has 142 valence electrons. The number of nitrogens with one attached hydrogen (secondary N) is 3. The van der Waals surface area contributed by atoms with Crippen LogP contribution in [0, 0.1) is 0 Å². The molecule has 3 heterocycles. The molecule has 0 amide bonds. The van der Waals surface area contributed by atoms with E-state index in [1.165, 1.54) is 12.8 Å². The summed E-state index contributed by atoms with van der Waals surface area (Å²) in [6, 6.07) is 4.36. The van der Waals surface area contributed by atoms with Crippen LogP contribution in [0.4, 0.5) is 23.3 Å². The number of aldehydes is 1. The Morgan fingerprint density at radius 2 is 1.93 bits per heavy atom. The second-order valence-corrected chi connectivity index (χ2v) is 7.00. The maximum absolute atomic E-state index is 11.3. The van der Waals surface area contributed by atoms with Crippen molar-refractivity contribution in [1.29, 1.82) is 0 Å². The highest BCUT2D eigenvalue weighted by Crippen LogP contribution is 2.24. The molecule has 1 saturated carbocycles. The molecule has 0 spiro atoms. The molecule has 2 aromatic heterocycles. The Kier molecular flexibility index (Phi) is 5.43. The second kappa shape index (κ2) is 8.30. The van der Waals surface area contributed by atoms with E-state index < -0.39 is 0 Å². The van der Waals surface area contributed by atoms with Gasteiger partial charge in [-0.3, -0.25) is 4.79 Å². The fourth-order valence-corrected chi connectivity index (χ4v) is 3.60. The van der Waals surface area contributed by atoms with Gasteiger partial charge in [-0.1, -0.05) is 12.8 Å². The topological polar surface area (TPSA) is 95.1 Å². The van der Waals surface area contributed by atoms with Gasteiger partial charge in [0, 0.05) is 38.4 Å². The first-order valence-corrected chi connectivity index (χ1v) is 9.59. The number of piperazine rings is 1. The Bertz CT molecular complexity index is 768. The number of carbonyl (C=O) groups excluding carboxylic acids is 1. The van der Waals surface area contributed by atoms with Crippen molar-refractivity contribution in [2.75, 3.05) is 41.7 Å². The van der Waals surface area contributed by atoms with Crippen molar-refractivity contribution >= 4 is 29.6 Å². The van der Waals surface area contributed by atoms with Crippen molar-refractivity contribution in [3.05, 3.63) is 30.1 Å². The van der Waals surface area contributed by atoms with Gasteiger partial charge in [0.1, 0.15) is 11.6 Å². The van der Waals surface area contributed by atoms with Crippen LogP contribution < -0.4 is 20.9 Å². The summed E-state index contributed by atoms with van der Waals surface area (Å²) in [4.78, 5) is 26.8. The molecular weight excluding hydrogens is 342 g/mol. The minimum absolute atomic E-state index is 0.378. The van der Waals surface area contributed by atoms with E-state index in [0.29, 0.717) is 29.2 Å². The normalized spacial score (nSPS) is 17.7. The zero-order valence-electron chi connectivity index (χ0n) is 15.3. The molecule has 2 aromatic rings. The van der Waals surface area contributed by atoms with Crippen LogP contribution in [-0.2, 0) is 0 Å². The molecule has 8 nitrogen and oxygen atoms in total. The van der Waals surface area contributed by atoms with E-state index in [0.717, 1.165) is 51.0 Å². The first kappa shape index (κ1) is 17.7. The van der Waals surface area contributed by atoms with Gasteiger partial charge in [0.05, 0.1) is 17.4 Å². The van der Waals surface area contributed by atoms with Crippen molar-refractivity contribution in [3.63, 3.8) is 0 Å². The lowest BCUT2D eigenvalue weighted by molar-refractivity contribution is 0.112. The van der Waals surface area contributed by atoms with Crippen LogP contribution in [0.1, 0.15) is 36.0 Å². The summed E-state index contributed by atoms with van der Waals surface area (Å²) in [5.41, 5.74) is 1.59. The Morgan fingerprint density at radius 1 is 1.11 bits per heavy atom. The second-order valence-electron chi connectivity index (χ2n) is 7.00. The van der Waals surface area contributed by atoms with Gasteiger partial charge in [0.25, 0.3) is 0 Å². The van der Waals surface area contributed by atoms with Crippen LogP contribution in [-0.4, -0.2) is 53.5 Å². The number of pyridine rings is 1. The van der Waals surface area contributed by atoms with Crippen molar-refractivity contribution in [2.45, 2.75) is 31.7 Å². The largest absolute Gasteiger partial charge is 0.368 e. The summed E-state index contributed by atoms with van der Waals surface area (Å²) in [7, 11) is 0. The zero-order valence-corrected chi connectivity index (χ0v) is 15.3. The third-order valence-corrected chi connectivity index (χ3v) is 5.11. The van der Waals surface area contributed by atoms with Gasteiger partial charge in [-0.2, -0.15) is 4.98 Å². The van der Waals surface area contributed by atoms with E-state index in [2.05, 4.69) is 41.9 Å². The van der Waals surface area contributed by atoms with Crippen LogP contribution >= 0.6 is 0 Å².